The van der Waals surface area contributed by atoms with Crippen LogP contribution in [0, 0.1) is 5.92 Å². The largest absolute Gasteiger partial charge is 0.393 e. The van der Waals surface area contributed by atoms with Gasteiger partial charge in [-0.05, 0) is 36.5 Å². The fourth-order valence-electron chi connectivity index (χ4n) is 2.17. The van der Waals surface area contributed by atoms with Gasteiger partial charge in [0.2, 0.25) is 0 Å². The fraction of sp³-hybridized carbons (Fsp3) is 0.625. The third-order valence-electron chi connectivity index (χ3n) is 3.92. The van der Waals surface area contributed by atoms with E-state index in [0.29, 0.717) is 6.54 Å². The van der Waals surface area contributed by atoms with Crippen LogP contribution in [-0.2, 0) is 5.41 Å². The summed E-state index contributed by atoms with van der Waals surface area (Å²) in [6.07, 6.45) is 2.66. The van der Waals surface area contributed by atoms with Crippen molar-refractivity contribution in [2.75, 3.05) is 6.54 Å². The SMILES string of the molecule is CCC(C)C.NCC1(c2ccc(Cl)cc2)CC(O)C1. The molecule has 3 heteroatoms. The van der Waals surface area contributed by atoms with Crippen LogP contribution < -0.4 is 5.73 Å². The molecule has 0 aliphatic heterocycles. The van der Waals surface area contributed by atoms with Crippen LogP contribution >= 0.6 is 11.6 Å². The lowest BCUT2D eigenvalue weighted by Gasteiger charge is -2.45. The van der Waals surface area contributed by atoms with Gasteiger partial charge in [-0.15, -0.1) is 0 Å². The van der Waals surface area contributed by atoms with E-state index < -0.39 is 0 Å². The average molecular weight is 284 g/mol. The number of rotatable bonds is 3. The molecule has 3 N–H and O–H groups in total. The molecule has 0 heterocycles. The van der Waals surface area contributed by atoms with Gasteiger partial charge in [0.05, 0.1) is 6.10 Å². The first-order valence-electron chi connectivity index (χ1n) is 7.07. The number of hydrogen-bond acceptors (Lipinski definition) is 2. The number of benzene rings is 1. The van der Waals surface area contributed by atoms with Crippen molar-refractivity contribution in [2.24, 2.45) is 11.7 Å². The summed E-state index contributed by atoms with van der Waals surface area (Å²) in [6.45, 7) is 7.23. The molecule has 0 atom stereocenters. The number of halogens is 1. The maximum absolute atomic E-state index is 9.35. The van der Waals surface area contributed by atoms with Crippen LogP contribution in [0.4, 0.5) is 0 Å². The van der Waals surface area contributed by atoms with Crippen LogP contribution in [0.3, 0.4) is 0 Å². The monoisotopic (exact) mass is 283 g/mol. The molecule has 0 amide bonds. The predicted octanol–water partition coefficient (Wildman–Crippen LogP) is 3.74. The maximum Gasteiger partial charge on any atom is 0.0558 e. The van der Waals surface area contributed by atoms with Gasteiger partial charge in [0.15, 0.2) is 0 Å². The first kappa shape index (κ1) is 16.5. The van der Waals surface area contributed by atoms with E-state index in [1.54, 1.807) is 0 Å². The van der Waals surface area contributed by atoms with Crippen LogP contribution in [-0.4, -0.2) is 17.8 Å². The molecular weight excluding hydrogens is 258 g/mol. The Kier molecular flexibility index (Phi) is 6.31. The Labute approximate surface area is 122 Å². The van der Waals surface area contributed by atoms with Crippen LogP contribution in [0.1, 0.15) is 45.6 Å². The van der Waals surface area contributed by atoms with E-state index in [0.717, 1.165) is 23.8 Å². The molecule has 2 rings (SSSR count). The molecule has 0 aromatic heterocycles. The van der Waals surface area contributed by atoms with Gasteiger partial charge in [-0.1, -0.05) is 50.9 Å². The zero-order valence-electron chi connectivity index (χ0n) is 12.2. The zero-order valence-corrected chi connectivity index (χ0v) is 13.0. The normalized spacial score (nSPS) is 25.5. The lowest BCUT2D eigenvalue weighted by molar-refractivity contribution is 0.0222. The molecule has 108 valence electrons. The van der Waals surface area contributed by atoms with Crippen molar-refractivity contribution in [1.82, 2.24) is 0 Å². The fourth-order valence-corrected chi connectivity index (χ4v) is 2.29. The molecule has 1 aromatic carbocycles. The van der Waals surface area contributed by atoms with Gasteiger partial charge in [-0.25, -0.2) is 0 Å². The first-order chi connectivity index (χ1) is 8.93. The first-order valence-corrected chi connectivity index (χ1v) is 7.45. The van der Waals surface area contributed by atoms with E-state index >= 15 is 0 Å². The molecule has 1 aliphatic carbocycles. The summed E-state index contributed by atoms with van der Waals surface area (Å²) in [6, 6.07) is 7.75. The molecule has 0 unspecified atom stereocenters. The van der Waals surface area contributed by atoms with Crippen molar-refractivity contribution >= 4 is 11.6 Å². The Morgan fingerprint density at radius 1 is 1.32 bits per heavy atom. The van der Waals surface area contributed by atoms with E-state index in [1.165, 1.54) is 12.0 Å². The highest BCUT2D eigenvalue weighted by Gasteiger charge is 2.43. The predicted molar refractivity (Wildman–Crippen MR) is 82.6 cm³/mol. The Hall–Kier alpha value is -0.570. The van der Waals surface area contributed by atoms with Gasteiger partial charge < -0.3 is 10.8 Å². The maximum atomic E-state index is 9.35. The van der Waals surface area contributed by atoms with Gasteiger partial charge in [0.1, 0.15) is 0 Å². The summed E-state index contributed by atoms with van der Waals surface area (Å²) in [4.78, 5) is 0. The Morgan fingerprint density at radius 3 is 2.11 bits per heavy atom. The van der Waals surface area contributed by atoms with E-state index in [2.05, 4.69) is 20.8 Å². The van der Waals surface area contributed by atoms with E-state index in [-0.39, 0.29) is 11.5 Å². The summed E-state index contributed by atoms with van der Waals surface area (Å²) in [5, 5.41) is 10.1. The molecule has 0 spiro atoms. The van der Waals surface area contributed by atoms with E-state index in [1.807, 2.05) is 24.3 Å². The van der Waals surface area contributed by atoms with Gasteiger partial charge in [-0.3, -0.25) is 0 Å². The second-order valence-electron chi connectivity index (χ2n) is 5.86. The summed E-state index contributed by atoms with van der Waals surface area (Å²) in [7, 11) is 0. The standard InChI is InChI=1S/C11H14ClNO.C5H12/c12-9-3-1-8(2-4-9)11(7-13)5-10(14)6-11;1-4-5(2)3/h1-4,10,14H,5-7,13H2;5H,4H2,1-3H3. The molecule has 2 nitrogen and oxygen atoms in total. The molecule has 19 heavy (non-hydrogen) atoms. The number of hydrogen-bond donors (Lipinski definition) is 2. The highest BCUT2D eigenvalue weighted by Crippen LogP contribution is 2.43. The minimum atomic E-state index is -0.186. The summed E-state index contributed by atoms with van der Waals surface area (Å²) < 4.78 is 0. The lowest BCUT2D eigenvalue weighted by Crippen LogP contribution is -2.49. The molecule has 1 saturated carbocycles. The number of nitrogens with two attached hydrogens (primary N) is 1. The zero-order chi connectivity index (χ0) is 14.5. The smallest absolute Gasteiger partial charge is 0.0558 e. The second kappa shape index (κ2) is 7.28. The highest BCUT2D eigenvalue weighted by atomic mass is 35.5. The molecule has 1 aromatic rings. The van der Waals surface area contributed by atoms with E-state index in [9.17, 15) is 5.11 Å². The third-order valence-corrected chi connectivity index (χ3v) is 4.17. The highest BCUT2D eigenvalue weighted by molar-refractivity contribution is 6.30. The Bertz CT molecular complexity index is 369. The van der Waals surface area contributed by atoms with Gasteiger partial charge in [0, 0.05) is 17.0 Å². The van der Waals surface area contributed by atoms with Crippen molar-refractivity contribution in [3.05, 3.63) is 34.9 Å². The van der Waals surface area contributed by atoms with E-state index in [4.69, 9.17) is 17.3 Å². The Morgan fingerprint density at radius 2 is 1.79 bits per heavy atom. The quantitative estimate of drug-likeness (QED) is 0.888. The molecule has 1 fully saturated rings. The summed E-state index contributed by atoms with van der Waals surface area (Å²) >= 11 is 5.81. The second-order valence-corrected chi connectivity index (χ2v) is 6.29. The minimum Gasteiger partial charge on any atom is -0.393 e. The van der Waals surface area contributed by atoms with Crippen molar-refractivity contribution in [1.29, 1.82) is 0 Å². The van der Waals surface area contributed by atoms with Crippen LogP contribution in [0.15, 0.2) is 24.3 Å². The molecule has 0 bridgehead atoms. The summed E-state index contributed by atoms with van der Waals surface area (Å²) in [5.41, 5.74) is 6.94. The van der Waals surface area contributed by atoms with Crippen LogP contribution in [0.25, 0.3) is 0 Å². The van der Waals surface area contributed by atoms with Gasteiger partial charge in [-0.2, -0.15) is 0 Å². The van der Waals surface area contributed by atoms with Crippen molar-refractivity contribution in [3.63, 3.8) is 0 Å². The molecule has 0 radical (unpaired) electrons. The molecule has 1 aliphatic rings. The van der Waals surface area contributed by atoms with Crippen molar-refractivity contribution in [2.45, 2.75) is 51.6 Å². The van der Waals surface area contributed by atoms with Crippen LogP contribution in [0.2, 0.25) is 5.02 Å². The average Bonchev–Trinajstić information content (AvgIpc) is 2.36. The number of aliphatic hydroxyl groups excluding tert-OH is 1. The lowest BCUT2D eigenvalue weighted by atomic mass is 9.63. The van der Waals surface area contributed by atoms with Crippen LogP contribution in [0.5, 0.6) is 0 Å². The molecular formula is C16H26ClNO. The third kappa shape index (κ3) is 4.48. The van der Waals surface area contributed by atoms with Crippen molar-refractivity contribution in [3.8, 4) is 0 Å². The minimum absolute atomic E-state index is 0.00992. The molecule has 0 saturated heterocycles. The topological polar surface area (TPSA) is 46.2 Å². The Balaban J connectivity index is 0.000000312. The van der Waals surface area contributed by atoms with Crippen molar-refractivity contribution < 1.29 is 5.11 Å². The number of aliphatic hydroxyl groups is 1. The summed E-state index contributed by atoms with van der Waals surface area (Å²) in [5.74, 6) is 0.884. The van der Waals surface area contributed by atoms with Gasteiger partial charge in [0.25, 0.3) is 0 Å². The van der Waals surface area contributed by atoms with Gasteiger partial charge >= 0.3 is 0 Å².